The van der Waals surface area contributed by atoms with E-state index in [1.54, 1.807) is 38.5 Å². The van der Waals surface area contributed by atoms with Crippen LogP contribution in [-0.2, 0) is 64.2 Å². The highest BCUT2D eigenvalue weighted by Crippen LogP contribution is 2.49. The van der Waals surface area contributed by atoms with Crippen molar-refractivity contribution in [2.45, 2.75) is 74.0 Å². The first kappa shape index (κ1) is 55.1. The Bertz CT molecular complexity index is 2430. The van der Waals surface area contributed by atoms with Gasteiger partial charge < -0.3 is 42.5 Å². The summed E-state index contributed by atoms with van der Waals surface area (Å²) in [5.74, 6) is 0.807. The summed E-state index contributed by atoms with van der Waals surface area (Å²) < 4.78 is 112. The predicted octanol–water partition coefficient (Wildman–Crippen LogP) is 6.63. The highest BCUT2D eigenvalue weighted by molar-refractivity contribution is 7.86. The van der Waals surface area contributed by atoms with Crippen molar-refractivity contribution in [3.63, 3.8) is 0 Å². The average molecular weight is 990 g/mol. The fourth-order valence-electron chi connectivity index (χ4n) is 8.83. The molecule has 0 bridgehead atoms. The molecule has 2 N–H and O–H groups in total. The van der Waals surface area contributed by atoms with Gasteiger partial charge in [0.25, 0.3) is 20.2 Å². The molecule has 0 saturated carbocycles. The second kappa shape index (κ2) is 24.4. The van der Waals surface area contributed by atoms with Crippen molar-refractivity contribution in [1.82, 2.24) is 0 Å². The number of nitrogens with zero attached hydrogens (tertiary/aromatic N) is 3. The van der Waals surface area contributed by atoms with Crippen LogP contribution in [-0.4, -0.2) is 168 Å². The zero-order valence-electron chi connectivity index (χ0n) is 41.5. The maximum absolute atomic E-state index is 12.3. The van der Waals surface area contributed by atoms with E-state index in [2.05, 4.69) is 54.9 Å². The first-order valence-corrected chi connectivity index (χ1v) is 26.2. The van der Waals surface area contributed by atoms with Gasteiger partial charge in [-0.3, -0.25) is 9.11 Å². The van der Waals surface area contributed by atoms with E-state index >= 15 is 0 Å². The Hall–Kier alpha value is -3.79. The molecule has 0 amide bonds. The largest absolute Gasteiger partial charge is 0.493 e. The third kappa shape index (κ3) is 14.6. The summed E-state index contributed by atoms with van der Waals surface area (Å²) in [5.41, 5.74) is 5.82. The molecule has 2 aromatic rings. The molecule has 2 aromatic carbocycles. The van der Waals surface area contributed by atoms with Crippen LogP contribution in [0, 0.1) is 0 Å². The quantitative estimate of drug-likeness (QED) is 0.0402. The van der Waals surface area contributed by atoms with Crippen LogP contribution in [0.2, 0.25) is 0 Å². The van der Waals surface area contributed by atoms with Crippen molar-refractivity contribution in [2.75, 3.05) is 133 Å². The van der Waals surface area contributed by atoms with E-state index in [1.165, 1.54) is 12.1 Å². The maximum atomic E-state index is 12.3. The standard InChI is InChI=1S/C50H73N3O13S2/c1-49(2)42-36-40(67(54,55)56)16-18-44(42)51(22-26-62-32-34-64-30-28-60-8)46(49)20-14-38-12-10-13-39(48(38)66-25-11-24-53(5,6)7)15-21-47-50(3,4)43-37-41(68(57,58)59)17-19-45(43)52(47)23-27-63-33-35-65-31-29-61-9/h14-21,36-37H,10-13,22-35H2,1-9H3/p+2. The van der Waals surface area contributed by atoms with Crippen LogP contribution in [0.4, 0.5) is 11.4 Å². The van der Waals surface area contributed by atoms with E-state index in [9.17, 15) is 25.9 Å². The van der Waals surface area contributed by atoms with Crippen LogP contribution in [0.25, 0.3) is 0 Å². The molecule has 68 heavy (non-hydrogen) atoms. The molecule has 378 valence electrons. The first-order chi connectivity index (χ1) is 32.1. The number of hydrogen-bond acceptors (Lipinski definition) is 12. The predicted molar refractivity (Wildman–Crippen MR) is 262 cm³/mol. The van der Waals surface area contributed by atoms with Crippen LogP contribution in [0.3, 0.4) is 0 Å². The summed E-state index contributed by atoms with van der Waals surface area (Å²) in [7, 11) is 0.832. The number of hydrogen-bond donors (Lipinski definition) is 2. The third-order valence-corrected chi connectivity index (χ3v) is 14.1. The van der Waals surface area contributed by atoms with Gasteiger partial charge in [0.2, 0.25) is 5.69 Å². The van der Waals surface area contributed by atoms with Gasteiger partial charge in [-0.1, -0.05) is 19.9 Å². The van der Waals surface area contributed by atoms with Gasteiger partial charge in [0.15, 0.2) is 12.3 Å². The molecule has 2 heterocycles. The van der Waals surface area contributed by atoms with Crippen molar-refractivity contribution < 1.29 is 68.2 Å². The Morgan fingerprint density at radius 2 is 1.26 bits per heavy atom. The number of ether oxygens (including phenoxy) is 7. The van der Waals surface area contributed by atoms with Crippen LogP contribution in [0.5, 0.6) is 0 Å². The van der Waals surface area contributed by atoms with Crippen molar-refractivity contribution in [3.8, 4) is 0 Å². The summed E-state index contributed by atoms with van der Waals surface area (Å²) in [5, 5.41) is 0. The summed E-state index contributed by atoms with van der Waals surface area (Å²) in [6.07, 6.45) is 11.7. The first-order valence-electron chi connectivity index (χ1n) is 23.3. The molecule has 0 atom stereocenters. The van der Waals surface area contributed by atoms with Crippen LogP contribution >= 0.6 is 0 Å². The van der Waals surface area contributed by atoms with Crippen molar-refractivity contribution in [1.29, 1.82) is 0 Å². The summed E-state index contributed by atoms with van der Waals surface area (Å²) in [6, 6.07) is 9.45. The lowest BCUT2D eigenvalue weighted by atomic mass is 9.81. The lowest BCUT2D eigenvalue weighted by Crippen LogP contribution is -2.35. The highest BCUT2D eigenvalue weighted by Gasteiger charge is 2.45. The Kier molecular flexibility index (Phi) is 19.8. The Morgan fingerprint density at radius 1 is 0.691 bits per heavy atom. The van der Waals surface area contributed by atoms with Crippen molar-refractivity contribution >= 4 is 37.3 Å². The molecule has 0 spiro atoms. The van der Waals surface area contributed by atoms with Crippen LogP contribution < -0.4 is 4.90 Å². The zero-order valence-corrected chi connectivity index (χ0v) is 43.2. The number of anilines is 1. The molecule has 18 heteroatoms. The molecule has 0 fully saturated rings. The van der Waals surface area contributed by atoms with E-state index < -0.39 is 31.1 Å². The van der Waals surface area contributed by atoms with Gasteiger partial charge in [-0.05, 0) is 92.3 Å². The maximum Gasteiger partial charge on any atom is 0.294 e. The Labute approximate surface area is 404 Å². The van der Waals surface area contributed by atoms with Crippen LogP contribution in [0.15, 0.2) is 93.1 Å². The summed E-state index contributed by atoms with van der Waals surface area (Å²) in [4.78, 5) is 1.83. The van der Waals surface area contributed by atoms with Crippen molar-refractivity contribution in [2.24, 2.45) is 0 Å². The smallest absolute Gasteiger partial charge is 0.294 e. The average Bonchev–Trinajstić information content (AvgIpc) is 3.61. The second-order valence-electron chi connectivity index (χ2n) is 19.2. The molecule has 16 nitrogen and oxygen atoms in total. The number of benzene rings is 2. The number of rotatable bonds is 28. The molecule has 1 aliphatic carbocycles. The van der Waals surface area contributed by atoms with E-state index in [0.717, 1.165) is 87.5 Å². The minimum Gasteiger partial charge on any atom is -0.493 e. The van der Waals surface area contributed by atoms with Gasteiger partial charge in [-0.15, -0.1) is 0 Å². The number of fused-ring (bicyclic) bond motifs is 2. The fraction of sp³-hybridized carbons (Fsp3) is 0.580. The Morgan fingerprint density at radius 3 is 1.87 bits per heavy atom. The van der Waals surface area contributed by atoms with E-state index in [0.29, 0.717) is 85.8 Å². The normalized spacial score (nSPS) is 18.4. The van der Waals surface area contributed by atoms with E-state index in [1.807, 2.05) is 27.7 Å². The van der Waals surface area contributed by atoms with E-state index in [4.69, 9.17) is 33.2 Å². The monoisotopic (exact) mass is 989 g/mol. The molecule has 2 aliphatic heterocycles. The van der Waals surface area contributed by atoms with Gasteiger partial charge in [0, 0.05) is 61.7 Å². The molecule has 0 saturated heterocycles. The lowest BCUT2D eigenvalue weighted by molar-refractivity contribution is -0.870. The summed E-state index contributed by atoms with van der Waals surface area (Å²) >= 11 is 0. The molecule has 0 unspecified atom stereocenters. The summed E-state index contributed by atoms with van der Waals surface area (Å²) in [6.45, 7) is 15.0. The third-order valence-electron chi connectivity index (χ3n) is 12.4. The molecule has 3 aliphatic rings. The van der Waals surface area contributed by atoms with Gasteiger partial charge in [0.1, 0.15) is 12.4 Å². The zero-order chi connectivity index (χ0) is 49.8. The number of methoxy groups -OCH3 is 2. The molecular formula is C50H75N3O13S2+2. The van der Waals surface area contributed by atoms with Crippen molar-refractivity contribution in [3.05, 3.63) is 94.4 Å². The molecule has 0 aromatic heterocycles. The second-order valence-corrected chi connectivity index (χ2v) is 22.0. The molecular weight excluding hydrogens is 915 g/mol. The van der Waals surface area contributed by atoms with Gasteiger partial charge in [-0.2, -0.15) is 21.4 Å². The Balaban J connectivity index is 1.54. The molecule has 0 radical (unpaired) electrons. The van der Waals surface area contributed by atoms with Gasteiger partial charge in [-0.25, -0.2) is 0 Å². The fourth-order valence-corrected chi connectivity index (χ4v) is 9.84. The van der Waals surface area contributed by atoms with E-state index in [-0.39, 0.29) is 9.79 Å². The molecule has 5 rings (SSSR count). The van der Waals surface area contributed by atoms with Crippen LogP contribution in [0.1, 0.15) is 64.5 Å². The minimum absolute atomic E-state index is 0.163. The number of allylic oxidation sites excluding steroid dienone is 7. The van der Waals surface area contributed by atoms with Gasteiger partial charge in [0.05, 0.1) is 109 Å². The number of quaternary nitrogens is 1. The highest BCUT2D eigenvalue weighted by atomic mass is 32.2. The van der Waals surface area contributed by atoms with Gasteiger partial charge >= 0.3 is 0 Å². The SMILES string of the molecule is COCCOCCOCCN1/C(=C/C=C2\CCCC(C=CC3=[N+](CCOCCOCCOC)c4ccc(S(=O)(=O)O)cc4C3(C)C)=C2OCCC[N+](C)(C)C)C(C)(C)c2cc(S(=O)(=O)O)ccc21. The lowest BCUT2D eigenvalue weighted by Gasteiger charge is -2.28. The minimum atomic E-state index is -4.44. The topological polar surface area (TPSA) is 180 Å².